The summed E-state index contributed by atoms with van der Waals surface area (Å²) in [5.41, 5.74) is 2.05. The van der Waals surface area contributed by atoms with E-state index in [0.29, 0.717) is 19.7 Å². The van der Waals surface area contributed by atoms with Crippen LogP contribution in [-0.4, -0.2) is 49.3 Å². The molecule has 0 spiro atoms. The molecule has 0 bridgehead atoms. The molecule has 6 nitrogen and oxygen atoms in total. The number of hydrogen-bond acceptors (Lipinski definition) is 5. The first-order valence-corrected chi connectivity index (χ1v) is 13.9. The molecular weight excluding hydrogens is 487 g/mol. The molecule has 0 aliphatic carbocycles. The number of benzene rings is 2. The number of rotatable bonds is 10. The number of thiophene rings is 1. The van der Waals surface area contributed by atoms with Crippen LogP contribution in [0, 0.1) is 12.7 Å². The van der Waals surface area contributed by atoms with Crippen molar-refractivity contribution in [1.29, 1.82) is 0 Å². The lowest BCUT2D eigenvalue weighted by atomic mass is 10.2. The molecule has 1 aliphatic heterocycles. The average molecular weight is 517 g/mol. The Morgan fingerprint density at radius 2 is 1.83 bits per heavy atom. The highest BCUT2D eigenvalue weighted by atomic mass is 32.2. The van der Waals surface area contributed by atoms with Crippen LogP contribution in [0.5, 0.6) is 0 Å². The molecule has 1 amide bonds. The third kappa shape index (κ3) is 6.55. The van der Waals surface area contributed by atoms with E-state index in [0.717, 1.165) is 41.0 Å². The molecule has 0 N–H and O–H groups in total. The molecule has 1 aromatic heterocycles. The fraction of sp³-hybridized carbons (Fsp3) is 0.346. The molecular formula is C26H29FN2O4S2. The molecule has 0 radical (unpaired) electrons. The molecule has 1 saturated heterocycles. The molecule has 0 saturated carbocycles. The van der Waals surface area contributed by atoms with Crippen LogP contribution in [0.2, 0.25) is 0 Å². The Morgan fingerprint density at radius 1 is 1.09 bits per heavy atom. The van der Waals surface area contributed by atoms with Crippen LogP contribution in [0.25, 0.3) is 0 Å². The fourth-order valence-corrected chi connectivity index (χ4v) is 6.39. The number of carbonyl (C=O) groups is 1. The monoisotopic (exact) mass is 516 g/mol. The standard InChI is InChI=1S/C26H29FN2O4S2/c1-20-13-15-34-25(20)18-28(16-21-6-3-2-4-7-21)26(30)19-29(17-23-8-5-14-33-23)35(31,32)24-11-9-22(27)10-12-24/h2-4,6-7,9-13,15,23H,5,8,14,16-19H2,1H3. The van der Waals surface area contributed by atoms with Crippen LogP contribution in [0.15, 0.2) is 70.9 Å². The molecule has 2 aromatic carbocycles. The second kappa shape index (κ2) is 11.4. The van der Waals surface area contributed by atoms with E-state index in [2.05, 4.69) is 0 Å². The second-order valence-corrected chi connectivity index (χ2v) is 11.6. The topological polar surface area (TPSA) is 66.9 Å². The van der Waals surface area contributed by atoms with Gasteiger partial charge in [-0.2, -0.15) is 4.31 Å². The van der Waals surface area contributed by atoms with Gasteiger partial charge in [-0.05, 0) is 66.6 Å². The van der Waals surface area contributed by atoms with E-state index in [9.17, 15) is 17.6 Å². The number of hydrogen-bond donors (Lipinski definition) is 0. The first kappa shape index (κ1) is 25.5. The van der Waals surface area contributed by atoms with Gasteiger partial charge in [0, 0.05) is 24.6 Å². The van der Waals surface area contributed by atoms with Crippen molar-refractivity contribution >= 4 is 27.3 Å². The van der Waals surface area contributed by atoms with Crippen molar-refractivity contribution in [1.82, 2.24) is 9.21 Å². The van der Waals surface area contributed by atoms with E-state index in [4.69, 9.17) is 4.74 Å². The van der Waals surface area contributed by atoms with Crippen LogP contribution in [-0.2, 0) is 32.6 Å². The van der Waals surface area contributed by atoms with Crippen LogP contribution in [0.3, 0.4) is 0 Å². The molecule has 35 heavy (non-hydrogen) atoms. The largest absolute Gasteiger partial charge is 0.377 e. The molecule has 1 unspecified atom stereocenters. The van der Waals surface area contributed by atoms with Gasteiger partial charge in [0.2, 0.25) is 15.9 Å². The zero-order valence-corrected chi connectivity index (χ0v) is 21.2. The maximum atomic E-state index is 13.6. The summed E-state index contributed by atoms with van der Waals surface area (Å²) in [5, 5.41) is 1.98. The smallest absolute Gasteiger partial charge is 0.243 e. The van der Waals surface area contributed by atoms with Crippen LogP contribution in [0.4, 0.5) is 4.39 Å². The highest BCUT2D eigenvalue weighted by Crippen LogP contribution is 2.23. The van der Waals surface area contributed by atoms with E-state index in [-0.39, 0.29) is 30.0 Å². The number of nitrogens with zero attached hydrogens (tertiary/aromatic N) is 2. The molecule has 1 atom stereocenters. The summed E-state index contributed by atoms with van der Waals surface area (Å²) >= 11 is 1.57. The first-order valence-electron chi connectivity index (χ1n) is 11.5. The Bertz CT molecular complexity index is 1220. The average Bonchev–Trinajstić information content (AvgIpc) is 3.51. The molecule has 9 heteroatoms. The van der Waals surface area contributed by atoms with E-state index in [1.807, 2.05) is 48.7 Å². The van der Waals surface area contributed by atoms with Gasteiger partial charge >= 0.3 is 0 Å². The number of carbonyl (C=O) groups excluding carboxylic acids is 1. The summed E-state index contributed by atoms with van der Waals surface area (Å²) in [6, 6.07) is 16.3. The Kier molecular flexibility index (Phi) is 8.33. The highest BCUT2D eigenvalue weighted by Gasteiger charge is 2.32. The Morgan fingerprint density at radius 3 is 2.46 bits per heavy atom. The summed E-state index contributed by atoms with van der Waals surface area (Å²) in [4.78, 5) is 16.3. The van der Waals surface area contributed by atoms with Crippen molar-refractivity contribution in [3.8, 4) is 0 Å². The van der Waals surface area contributed by atoms with Crippen molar-refractivity contribution in [2.24, 2.45) is 0 Å². The van der Waals surface area contributed by atoms with Crippen molar-refractivity contribution in [2.45, 2.75) is 43.9 Å². The molecule has 2 heterocycles. The summed E-state index contributed by atoms with van der Waals surface area (Å²) in [5.74, 6) is -0.823. The van der Waals surface area contributed by atoms with E-state index in [1.54, 1.807) is 16.2 Å². The lowest BCUT2D eigenvalue weighted by molar-refractivity contribution is -0.132. The van der Waals surface area contributed by atoms with Crippen molar-refractivity contribution in [2.75, 3.05) is 19.7 Å². The third-order valence-electron chi connectivity index (χ3n) is 6.07. The van der Waals surface area contributed by atoms with Crippen LogP contribution >= 0.6 is 11.3 Å². The normalized spacial score (nSPS) is 16.0. The Labute approximate surface area is 210 Å². The van der Waals surface area contributed by atoms with Gasteiger partial charge in [-0.3, -0.25) is 4.79 Å². The van der Waals surface area contributed by atoms with Crippen molar-refractivity contribution in [3.05, 3.63) is 87.9 Å². The molecule has 1 fully saturated rings. The predicted octanol–water partition coefficient (Wildman–Crippen LogP) is 4.59. The summed E-state index contributed by atoms with van der Waals surface area (Å²) in [7, 11) is -4.04. The second-order valence-electron chi connectivity index (χ2n) is 8.65. The molecule has 1 aliphatic rings. The zero-order chi connectivity index (χ0) is 24.8. The summed E-state index contributed by atoms with van der Waals surface area (Å²) in [6.45, 7) is 3.07. The van der Waals surface area contributed by atoms with Crippen molar-refractivity contribution < 1.29 is 22.3 Å². The third-order valence-corrected chi connectivity index (χ3v) is 8.90. The summed E-state index contributed by atoms with van der Waals surface area (Å²) < 4.78 is 47.3. The van der Waals surface area contributed by atoms with Gasteiger partial charge in [-0.25, -0.2) is 12.8 Å². The zero-order valence-electron chi connectivity index (χ0n) is 19.6. The van der Waals surface area contributed by atoms with Crippen LogP contribution in [0.1, 0.15) is 28.8 Å². The minimum absolute atomic E-state index is 0.0478. The van der Waals surface area contributed by atoms with Gasteiger partial charge in [0.15, 0.2) is 0 Å². The van der Waals surface area contributed by atoms with Crippen molar-refractivity contribution in [3.63, 3.8) is 0 Å². The highest BCUT2D eigenvalue weighted by molar-refractivity contribution is 7.89. The number of sulfonamides is 1. The first-order chi connectivity index (χ1) is 16.8. The number of ether oxygens (including phenoxy) is 1. The number of aryl methyl sites for hydroxylation is 1. The minimum Gasteiger partial charge on any atom is -0.377 e. The Balaban J connectivity index is 1.60. The number of halogens is 1. The lowest BCUT2D eigenvalue weighted by Gasteiger charge is -2.28. The SMILES string of the molecule is Cc1ccsc1CN(Cc1ccccc1)C(=O)CN(CC1CCCO1)S(=O)(=O)c1ccc(F)cc1. The summed E-state index contributed by atoms with van der Waals surface area (Å²) in [6.07, 6.45) is 1.30. The minimum atomic E-state index is -4.04. The van der Waals surface area contributed by atoms with Gasteiger partial charge in [0.1, 0.15) is 5.82 Å². The molecule has 3 aromatic rings. The fourth-order valence-electron chi connectivity index (χ4n) is 4.05. The molecule has 4 rings (SSSR count). The quantitative estimate of drug-likeness (QED) is 0.395. The van der Waals surface area contributed by atoms with Gasteiger partial charge in [-0.15, -0.1) is 11.3 Å². The van der Waals surface area contributed by atoms with Gasteiger partial charge in [-0.1, -0.05) is 30.3 Å². The maximum absolute atomic E-state index is 13.6. The Hall–Kier alpha value is -2.59. The van der Waals surface area contributed by atoms with Crippen LogP contribution < -0.4 is 0 Å². The molecule has 186 valence electrons. The lowest BCUT2D eigenvalue weighted by Crippen LogP contribution is -2.45. The van der Waals surface area contributed by atoms with Gasteiger partial charge in [0.05, 0.1) is 24.1 Å². The predicted molar refractivity (Wildman–Crippen MR) is 134 cm³/mol. The van der Waals surface area contributed by atoms with E-state index < -0.39 is 15.8 Å². The number of amides is 1. The van der Waals surface area contributed by atoms with Gasteiger partial charge in [0.25, 0.3) is 0 Å². The van der Waals surface area contributed by atoms with E-state index in [1.165, 1.54) is 16.4 Å². The van der Waals surface area contributed by atoms with E-state index >= 15 is 0 Å². The maximum Gasteiger partial charge on any atom is 0.243 e. The van der Waals surface area contributed by atoms with Gasteiger partial charge < -0.3 is 9.64 Å².